The van der Waals surface area contributed by atoms with Gasteiger partial charge in [-0.3, -0.25) is 9.79 Å². The average Bonchev–Trinajstić information content (AvgIpc) is 2.39. The van der Waals surface area contributed by atoms with Crippen molar-refractivity contribution < 1.29 is 9.53 Å². The predicted molar refractivity (Wildman–Crippen MR) is 92.6 cm³/mol. The van der Waals surface area contributed by atoms with Crippen LogP contribution in [0.3, 0.4) is 0 Å². The van der Waals surface area contributed by atoms with Gasteiger partial charge in [0.1, 0.15) is 0 Å². The van der Waals surface area contributed by atoms with Gasteiger partial charge < -0.3 is 15.8 Å². The molecule has 1 rings (SSSR count). The van der Waals surface area contributed by atoms with E-state index in [2.05, 4.69) is 22.0 Å². The van der Waals surface area contributed by atoms with Crippen LogP contribution in [0.1, 0.15) is 18.1 Å². The normalized spacial score (nSPS) is 12.3. The van der Waals surface area contributed by atoms with Crippen molar-refractivity contribution in [3.63, 3.8) is 0 Å². The third-order valence-corrected chi connectivity index (χ3v) is 2.92. The lowest BCUT2D eigenvalue weighted by atomic mass is 10.1. The molecule has 5 nitrogen and oxygen atoms in total. The second kappa shape index (κ2) is 8.78. The first-order valence-electron chi connectivity index (χ1n) is 6.16. The molecule has 3 N–H and O–H groups in total. The number of hydrogen-bond donors (Lipinski definition) is 2. The predicted octanol–water partition coefficient (Wildman–Crippen LogP) is 2.46. The highest BCUT2D eigenvalue weighted by Crippen LogP contribution is 2.13. The Balaban J connectivity index is 0.00000361. The fraction of sp³-hybridized carbons (Fsp3) is 0.429. The summed E-state index contributed by atoms with van der Waals surface area (Å²) in [7, 11) is 1.36. The highest BCUT2D eigenvalue weighted by atomic mass is 127. The van der Waals surface area contributed by atoms with Gasteiger partial charge in [-0.1, -0.05) is 13.0 Å². The van der Waals surface area contributed by atoms with Gasteiger partial charge in [-0.05, 0) is 37.1 Å². The quantitative estimate of drug-likeness (QED) is 0.358. The van der Waals surface area contributed by atoms with Crippen LogP contribution in [0.25, 0.3) is 0 Å². The van der Waals surface area contributed by atoms with Gasteiger partial charge in [0.05, 0.1) is 19.6 Å². The Morgan fingerprint density at radius 1 is 1.40 bits per heavy atom. The minimum absolute atomic E-state index is 0. The van der Waals surface area contributed by atoms with Crippen molar-refractivity contribution in [2.75, 3.05) is 19.0 Å². The number of benzene rings is 1. The van der Waals surface area contributed by atoms with Crippen LogP contribution < -0.4 is 11.1 Å². The Bertz CT molecular complexity index is 489. The van der Waals surface area contributed by atoms with Gasteiger partial charge in [0.15, 0.2) is 5.96 Å². The zero-order valence-electron chi connectivity index (χ0n) is 12.3. The molecule has 0 heterocycles. The van der Waals surface area contributed by atoms with E-state index in [9.17, 15) is 4.79 Å². The molecule has 0 amide bonds. The van der Waals surface area contributed by atoms with E-state index in [4.69, 9.17) is 5.73 Å². The summed E-state index contributed by atoms with van der Waals surface area (Å²) in [4.78, 5) is 15.3. The van der Waals surface area contributed by atoms with Crippen molar-refractivity contribution in [3.8, 4) is 0 Å². The molecule has 0 spiro atoms. The molecule has 1 aromatic carbocycles. The number of ether oxygens (including phenoxy) is 1. The van der Waals surface area contributed by atoms with E-state index < -0.39 is 0 Å². The van der Waals surface area contributed by atoms with Gasteiger partial charge in [-0.15, -0.1) is 24.0 Å². The third kappa shape index (κ3) is 5.77. The number of carbonyl (C=O) groups is 1. The highest BCUT2D eigenvalue weighted by molar-refractivity contribution is 14.0. The van der Waals surface area contributed by atoms with Crippen LogP contribution in [0.4, 0.5) is 5.69 Å². The number of guanidine groups is 1. The zero-order valence-corrected chi connectivity index (χ0v) is 14.6. The van der Waals surface area contributed by atoms with E-state index in [-0.39, 0.29) is 35.9 Å². The number of aryl methyl sites for hydroxylation is 2. The molecule has 1 unspecified atom stereocenters. The Morgan fingerprint density at radius 2 is 2.05 bits per heavy atom. The summed E-state index contributed by atoms with van der Waals surface area (Å²) in [5.41, 5.74) is 9.06. The standard InChI is InChI=1S/C14H21N3O2.HI/c1-9-5-6-12(7-10(9)2)17-14(15)16-8-11(3)13(18)19-4;/h5-7,11H,8H2,1-4H3,(H3,15,16,17);1H. The zero-order chi connectivity index (χ0) is 14.4. The Morgan fingerprint density at radius 3 is 2.60 bits per heavy atom. The maximum absolute atomic E-state index is 11.2. The van der Waals surface area contributed by atoms with Crippen molar-refractivity contribution in [1.29, 1.82) is 0 Å². The molecule has 0 aliphatic heterocycles. The van der Waals surface area contributed by atoms with Crippen LogP contribution in [0.15, 0.2) is 23.2 Å². The molecule has 20 heavy (non-hydrogen) atoms. The molecule has 0 aliphatic rings. The lowest BCUT2D eigenvalue weighted by Gasteiger charge is -2.09. The second-order valence-electron chi connectivity index (χ2n) is 4.57. The number of methoxy groups -OCH3 is 1. The number of nitrogens with one attached hydrogen (secondary N) is 1. The first kappa shape index (κ1) is 18.7. The number of nitrogens with two attached hydrogens (primary N) is 1. The van der Waals surface area contributed by atoms with Gasteiger partial charge >= 0.3 is 5.97 Å². The number of nitrogens with zero attached hydrogens (tertiary/aromatic N) is 1. The second-order valence-corrected chi connectivity index (χ2v) is 4.57. The molecular weight excluding hydrogens is 369 g/mol. The molecule has 1 aromatic rings. The van der Waals surface area contributed by atoms with Crippen molar-refractivity contribution in [2.24, 2.45) is 16.6 Å². The molecule has 0 saturated heterocycles. The fourth-order valence-corrected chi connectivity index (χ4v) is 1.52. The van der Waals surface area contributed by atoms with Gasteiger partial charge in [0.2, 0.25) is 0 Å². The van der Waals surface area contributed by atoms with Gasteiger partial charge in [0.25, 0.3) is 0 Å². The number of aliphatic imine (C=N–C) groups is 1. The lowest BCUT2D eigenvalue weighted by molar-refractivity contribution is -0.144. The summed E-state index contributed by atoms with van der Waals surface area (Å²) in [6.07, 6.45) is 0. The number of esters is 1. The molecule has 1 atom stereocenters. The molecule has 0 fully saturated rings. The molecule has 0 aliphatic carbocycles. The van der Waals surface area contributed by atoms with Crippen LogP contribution in [0.2, 0.25) is 0 Å². The van der Waals surface area contributed by atoms with Crippen LogP contribution >= 0.6 is 24.0 Å². The van der Waals surface area contributed by atoms with E-state index in [1.165, 1.54) is 18.2 Å². The number of hydrogen-bond acceptors (Lipinski definition) is 3. The van der Waals surface area contributed by atoms with Gasteiger partial charge in [-0.2, -0.15) is 0 Å². The summed E-state index contributed by atoms with van der Waals surface area (Å²) in [5.74, 6) is -0.299. The largest absolute Gasteiger partial charge is 0.469 e. The molecule has 0 aromatic heterocycles. The fourth-order valence-electron chi connectivity index (χ4n) is 1.52. The van der Waals surface area contributed by atoms with E-state index in [0.717, 1.165) is 5.69 Å². The van der Waals surface area contributed by atoms with E-state index in [0.29, 0.717) is 12.5 Å². The number of halogens is 1. The average molecular weight is 391 g/mol. The number of rotatable bonds is 4. The van der Waals surface area contributed by atoms with Crippen molar-refractivity contribution in [3.05, 3.63) is 29.3 Å². The van der Waals surface area contributed by atoms with Gasteiger partial charge in [-0.25, -0.2) is 0 Å². The SMILES string of the molecule is COC(=O)C(C)CN=C(N)Nc1ccc(C)c(C)c1.I. The molecule has 0 radical (unpaired) electrons. The third-order valence-electron chi connectivity index (χ3n) is 2.92. The minimum atomic E-state index is -0.301. The first-order chi connectivity index (χ1) is 8.93. The first-order valence-corrected chi connectivity index (χ1v) is 6.16. The number of carbonyl (C=O) groups excluding carboxylic acids is 1. The van der Waals surface area contributed by atoms with E-state index in [1.54, 1.807) is 6.92 Å². The van der Waals surface area contributed by atoms with E-state index >= 15 is 0 Å². The van der Waals surface area contributed by atoms with Crippen molar-refractivity contribution >= 4 is 41.6 Å². The van der Waals surface area contributed by atoms with Crippen LogP contribution in [-0.2, 0) is 9.53 Å². The van der Waals surface area contributed by atoms with Crippen molar-refractivity contribution in [2.45, 2.75) is 20.8 Å². The topological polar surface area (TPSA) is 76.7 Å². The minimum Gasteiger partial charge on any atom is -0.469 e. The summed E-state index contributed by atoms with van der Waals surface area (Å²) in [6, 6.07) is 5.96. The Kier molecular flexibility index (Phi) is 8.21. The summed E-state index contributed by atoms with van der Waals surface area (Å²) >= 11 is 0. The van der Waals surface area contributed by atoms with Gasteiger partial charge in [0, 0.05) is 5.69 Å². The highest BCUT2D eigenvalue weighted by Gasteiger charge is 2.12. The molecule has 112 valence electrons. The molecule has 0 bridgehead atoms. The lowest BCUT2D eigenvalue weighted by Crippen LogP contribution is -2.25. The van der Waals surface area contributed by atoms with E-state index in [1.807, 2.05) is 25.1 Å². The monoisotopic (exact) mass is 391 g/mol. The summed E-state index contributed by atoms with van der Waals surface area (Å²) in [5, 5.41) is 3.00. The summed E-state index contributed by atoms with van der Waals surface area (Å²) in [6.45, 7) is 6.14. The van der Waals surface area contributed by atoms with Crippen LogP contribution in [0, 0.1) is 19.8 Å². The van der Waals surface area contributed by atoms with Crippen LogP contribution in [0.5, 0.6) is 0 Å². The maximum atomic E-state index is 11.2. The van der Waals surface area contributed by atoms with Crippen LogP contribution in [-0.4, -0.2) is 25.6 Å². The smallest absolute Gasteiger partial charge is 0.310 e. The molecule has 0 saturated carbocycles. The Labute approximate surface area is 137 Å². The maximum Gasteiger partial charge on any atom is 0.310 e. The summed E-state index contributed by atoms with van der Waals surface area (Å²) < 4.78 is 4.62. The van der Waals surface area contributed by atoms with Crippen molar-refractivity contribution in [1.82, 2.24) is 0 Å². The Hall–Kier alpha value is -1.31. The molecular formula is C14H22IN3O2. The number of anilines is 1. The molecule has 6 heteroatoms.